The van der Waals surface area contributed by atoms with E-state index in [-0.39, 0.29) is 11.8 Å². The van der Waals surface area contributed by atoms with Gasteiger partial charge < -0.3 is 10.3 Å². The summed E-state index contributed by atoms with van der Waals surface area (Å²) in [5, 5.41) is 4.40. The van der Waals surface area contributed by atoms with Crippen LogP contribution < -0.4 is 5.32 Å². The minimum absolute atomic E-state index is 0.0903. The van der Waals surface area contributed by atoms with Crippen molar-refractivity contribution in [2.75, 3.05) is 6.54 Å². The molecule has 4 rings (SSSR count). The molecule has 0 fully saturated rings. The summed E-state index contributed by atoms with van der Waals surface area (Å²) < 4.78 is 0. The molecular formula is C21H22N2O. The molecule has 0 spiro atoms. The minimum Gasteiger partial charge on any atom is -0.358 e. The summed E-state index contributed by atoms with van der Waals surface area (Å²) in [6, 6.07) is 18.7. The molecule has 0 aliphatic heterocycles. The Bertz CT molecular complexity index is 851. The van der Waals surface area contributed by atoms with Gasteiger partial charge in [-0.15, -0.1) is 0 Å². The fraction of sp³-hybridized carbons (Fsp3) is 0.286. The number of aromatic nitrogens is 1. The first-order valence-electron chi connectivity index (χ1n) is 8.71. The van der Waals surface area contributed by atoms with Gasteiger partial charge >= 0.3 is 0 Å². The number of rotatable bonds is 4. The van der Waals surface area contributed by atoms with Crippen molar-refractivity contribution >= 4 is 16.8 Å². The van der Waals surface area contributed by atoms with Gasteiger partial charge in [0.1, 0.15) is 0 Å². The molecule has 24 heavy (non-hydrogen) atoms. The molecule has 1 atom stereocenters. The van der Waals surface area contributed by atoms with Crippen LogP contribution in [0.5, 0.6) is 0 Å². The Morgan fingerprint density at radius 2 is 1.88 bits per heavy atom. The molecule has 2 N–H and O–H groups in total. The summed E-state index contributed by atoms with van der Waals surface area (Å²) in [5.41, 5.74) is 5.09. The second kappa shape index (κ2) is 6.52. The summed E-state index contributed by atoms with van der Waals surface area (Å²) in [6.45, 7) is 0.708. The SMILES string of the molecule is O=C(NCCc1ccccc1)C1CCc2[nH]c3ccccc3c2C1. The lowest BCUT2D eigenvalue weighted by atomic mass is 9.86. The lowest BCUT2D eigenvalue weighted by Crippen LogP contribution is -2.35. The summed E-state index contributed by atoms with van der Waals surface area (Å²) in [5.74, 6) is 0.286. The van der Waals surface area contributed by atoms with Crippen molar-refractivity contribution in [3.8, 4) is 0 Å². The smallest absolute Gasteiger partial charge is 0.223 e. The van der Waals surface area contributed by atoms with Gasteiger partial charge in [-0.25, -0.2) is 0 Å². The molecule has 0 saturated carbocycles. The number of para-hydroxylation sites is 1. The number of aromatic amines is 1. The quantitative estimate of drug-likeness (QED) is 0.758. The van der Waals surface area contributed by atoms with Crippen LogP contribution in [0.4, 0.5) is 0 Å². The summed E-state index contributed by atoms with van der Waals surface area (Å²) in [7, 11) is 0. The maximum Gasteiger partial charge on any atom is 0.223 e. The van der Waals surface area contributed by atoms with Crippen molar-refractivity contribution in [1.29, 1.82) is 0 Å². The number of benzene rings is 2. The lowest BCUT2D eigenvalue weighted by Gasteiger charge is -2.22. The standard InChI is InChI=1S/C21H22N2O/c24-21(22-13-12-15-6-2-1-3-7-15)16-10-11-20-18(14-16)17-8-4-5-9-19(17)23-20/h1-9,16,23H,10-14H2,(H,22,24). The maximum absolute atomic E-state index is 12.5. The van der Waals surface area contributed by atoms with Crippen molar-refractivity contribution in [3.63, 3.8) is 0 Å². The van der Waals surface area contributed by atoms with E-state index in [4.69, 9.17) is 0 Å². The Balaban J connectivity index is 1.40. The fourth-order valence-electron chi connectivity index (χ4n) is 3.71. The van der Waals surface area contributed by atoms with Crippen LogP contribution in [0.15, 0.2) is 54.6 Å². The van der Waals surface area contributed by atoms with Gasteiger partial charge in [0.2, 0.25) is 5.91 Å². The number of fused-ring (bicyclic) bond motifs is 3. The molecule has 1 unspecified atom stereocenters. The zero-order chi connectivity index (χ0) is 16.4. The Kier molecular flexibility index (Phi) is 4.08. The normalized spacial score (nSPS) is 16.8. The van der Waals surface area contributed by atoms with Crippen LogP contribution in [-0.4, -0.2) is 17.4 Å². The molecule has 1 aromatic heterocycles. The fourth-order valence-corrected chi connectivity index (χ4v) is 3.71. The molecular weight excluding hydrogens is 296 g/mol. The molecule has 3 nitrogen and oxygen atoms in total. The molecule has 3 heteroatoms. The van der Waals surface area contributed by atoms with Crippen LogP contribution in [0.2, 0.25) is 0 Å². The number of aryl methyl sites for hydroxylation is 1. The molecule has 2 aromatic carbocycles. The minimum atomic E-state index is 0.0903. The molecule has 1 aliphatic carbocycles. The van der Waals surface area contributed by atoms with Gasteiger partial charge in [0.05, 0.1) is 0 Å². The van der Waals surface area contributed by atoms with E-state index in [0.717, 1.165) is 25.7 Å². The number of H-pyrrole nitrogens is 1. The summed E-state index contributed by atoms with van der Waals surface area (Å²) in [6.07, 6.45) is 3.62. The Labute approximate surface area is 142 Å². The van der Waals surface area contributed by atoms with E-state index in [1.54, 1.807) is 0 Å². The molecule has 1 heterocycles. The molecule has 0 bridgehead atoms. The highest BCUT2D eigenvalue weighted by molar-refractivity contribution is 5.87. The van der Waals surface area contributed by atoms with E-state index >= 15 is 0 Å². The molecule has 0 saturated heterocycles. The van der Waals surface area contributed by atoms with E-state index in [9.17, 15) is 4.79 Å². The zero-order valence-corrected chi connectivity index (χ0v) is 13.7. The van der Waals surface area contributed by atoms with Gasteiger partial charge in [-0.05, 0) is 42.9 Å². The number of amides is 1. The highest BCUT2D eigenvalue weighted by Crippen LogP contribution is 2.31. The van der Waals surface area contributed by atoms with E-state index in [1.165, 1.54) is 27.7 Å². The number of carbonyl (C=O) groups is 1. The third kappa shape index (κ3) is 2.94. The monoisotopic (exact) mass is 318 g/mol. The second-order valence-corrected chi connectivity index (χ2v) is 6.59. The highest BCUT2D eigenvalue weighted by Gasteiger charge is 2.26. The van der Waals surface area contributed by atoms with Crippen molar-refractivity contribution in [3.05, 3.63) is 71.4 Å². The zero-order valence-electron chi connectivity index (χ0n) is 13.7. The third-order valence-electron chi connectivity index (χ3n) is 5.02. The van der Waals surface area contributed by atoms with Crippen LogP contribution in [0.25, 0.3) is 10.9 Å². The van der Waals surface area contributed by atoms with Crippen molar-refractivity contribution < 1.29 is 4.79 Å². The molecule has 1 aliphatic rings. The summed E-state index contributed by atoms with van der Waals surface area (Å²) >= 11 is 0. The van der Waals surface area contributed by atoms with Gasteiger partial charge in [0.25, 0.3) is 0 Å². The van der Waals surface area contributed by atoms with Crippen LogP contribution in [0.1, 0.15) is 23.2 Å². The van der Waals surface area contributed by atoms with Crippen LogP contribution in [0.3, 0.4) is 0 Å². The van der Waals surface area contributed by atoms with Crippen LogP contribution in [-0.2, 0) is 24.1 Å². The van der Waals surface area contributed by atoms with Gasteiger partial charge in [-0.1, -0.05) is 48.5 Å². The average Bonchev–Trinajstić information content (AvgIpc) is 3.00. The van der Waals surface area contributed by atoms with Crippen LogP contribution in [0, 0.1) is 5.92 Å². The first kappa shape index (κ1) is 15.0. The summed E-state index contributed by atoms with van der Waals surface area (Å²) in [4.78, 5) is 16.0. The van der Waals surface area contributed by atoms with E-state index in [1.807, 2.05) is 18.2 Å². The highest BCUT2D eigenvalue weighted by atomic mass is 16.1. The predicted molar refractivity (Wildman–Crippen MR) is 97.0 cm³/mol. The van der Waals surface area contributed by atoms with E-state index in [0.29, 0.717) is 6.54 Å². The number of hydrogen-bond acceptors (Lipinski definition) is 1. The Morgan fingerprint density at radius 3 is 2.75 bits per heavy atom. The number of hydrogen-bond donors (Lipinski definition) is 2. The Hall–Kier alpha value is -2.55. The van der Waals surface area contributed by atoms with E-state index < -0.39 is 0 Å². The van der Waals surface area contributed by atoms with Gasteiger partial charge in [-0.3, -0.25) is 4.79 Å². The molecule has 1 amide bonds. The molecule has 3 aromatic rings. The third-order valence-corrected chi connectivity index (χ3v) is 5.02. The van der Waals surface area contributed by atoms with Gasteiger partial charge in [-0.2, -0.15) is 0 Å². The van der Waals surface area contributed by atoms with Gasteiger partial charge in [0, 0.05) is 29.1 Å². The van der Waals surface area contributed by atoms with Crippen molar-refractivity contribution in [2.45, 2.75) is 25.7 Å². The number of carbonyl (C=O) groups excluding carboxylic acids is 1. The first-order valence-corrected chi connectivity index (χ1v) is 8.71. The van der Waals surface area contributed by atoms with E-state index in [2.05, 4.69) is 46.7 Å². The second-order valence-electron chi connectivity index (χ2n) is 6.59. The largest absolute Gasteiger partial charge is 0.358 e. The average molecular weight is 318 g/mol. The predicted octanol–water partition coefficient (Wildman–Crippen LogP) is 3.63. The topological polar surface area (TPSA) is 44.9 Å². The molecule has 0 radical (unpaired) electrons. The first-order chi connectivity index (χ1) is 11.8. The number of nitrogens with one attached hydrogen (secondary N) is 2. The molecule has 122 valence electrons. The maximum atomic E-state index is 12.5. The van der Waals surface area contributed by atoms with Crippen molar-refractivity contribution in [1.82, 2.24) is 10.3 Å². The van der Waals surface area contributed by atoms with Crippen LogP contribution >= 0.6 is 0 Å². The van der Waals surface area contributed by atoms with Crippen molar-refractivity contribution in [2.24, 2.45) is 5.92 Å². The van der Waals surface area contributed by atoms with Gasteiger partial charge in [0.15, 0.2) is 0 Å². The lowest BCUT2D eigenvalue weighted by molar-refractivity contribution is -0.125. The Morgan fingerprint density at radius 1 is 1.08 bits per heavy atom.